The van der Waals surface area contributed by atoms with E-state index in [4.69, 9.17) is 5.11 Å². The van der Waals surface area contributed by atoms with Crippen LogP contribution < -0.4 is 4.72 Å². The van der Waals surface area contributed by atoms with Crippen LogP contribution in [0.1, 0.15) is 56.1 Å². The van der Waals surface area contributed by atoms with Gasteiger partial charge in [0.15, 0.2) is 0 Å². The summed E-state index contributed by atoms with van der Waals surface area (Å²) in [6.07, 6.45) is 9.42. The third-order valence-corrected chi connectivity index (χ3v) is 5.98. The molecule has 0 aromatic heterocycles. The summed E-state index contributed by atoms with van der Waals surface area (Å²) in [4.78, 5) is 10.5. The molecule has 0 heterocycles. The van der Waals surface area contributed by atoms with Crippen LogP contribution in [0.2, 0.25) is 0 Å². The van der Waals surface area contributed by atoms with Gasteiger partial charge in [0, 0.05) is 12.1 Å². The van der Waals surface area contributed by atoms with Gasteiger partial charge in [-0.25, -0.2) is 8.42 Å². The van der Waals surface area contributed by atoms with E-state index in [1.54, 1.807) is 0 Å². The molecule has 2 N–H and O–H groups in total. The molecular formula is C21H29NO4S. The van der Waals surface area contributed by atoms with Crippen molar-refractivity contribution >= 4 is 16.0 Å². The number of carbonyl (C=O) groups is 1. The van der Waals surface area contributed by atoms with Gasteiger partial charge in [0.2, 0.25) is 10.0 Å². The van der Waals surface area contributed by atoms with Crippen molar-refractivity contribution in [1.29, 1.82) is 0 Å². The zero-order valence-corrected chi connectivity index (χ0v) is 16.7. The van der Waals surface area contributed by atoms with E-state index in [1.807, 2.05) is 43.3 Å². The number of hydrogen-bond donors (Lipinski definition) is 2. The van der Waals surface area contributed by atoms with Crippen LogP contribution in [0.15, 0.2) is 47.7 Å². The molecule has 1 aromatic carbocycles. The molecule has 0 saturated carbocycles. The molecule has 27 heavy (non-hydrogen) atoms. The Morgan fingerprint density at radius 2 is 1.93 bits per heavy atom. The van der Waals surface area contributed by atoms with E-state index in [0.717, 1.165) is 54.5 Å². The lowest BCUT2D eigenvalue weighted by atomic mass is 10.1. The molecule has 5 nitrogen and oxygen atoms in total. The summed E-state index contributed by atoms with van der Waals surface area (Å²) in [6.45, 7) is 2.01. The van der Waals surface area contributed by atoms with Crippen LogP contribution in [0.25, 0.3) is 0 Å². The summed E-state index contributed by atoms with van der Waals surface area (Å²) in [6, 6.07) is 7.94. The topological polar surface area (TPSA) is 83.5 Å². The zero-order valence-electron chi connectivity index (χ0n) is 15.9. The maximum atomic E-state index is 12.4. The van der Waals surface area contributed by atoms with Gasteiger partial charge >= 0.3 is 5.97 Å². The highest BCUT2D eigenvalue weighted by molar-refractivity contribution is 7.89. The number of carboxylic acids is 1. The molecule has 2 rings (SSSR count). The van der Waals surface area contributed by atoms with E-state index in [1.165, 1.54) is 0 Å². The van der Waals surface area contributed by atoms with Gasteiger partial charge in [0.25, 0.3) is 0 Å². The molecule has 148 valence electrons. The first kappa shape index (κ1) is 21.2. The van der Waals surface area contributed by atoms with Crippen molar-refractivity contribution in [2.45, 2.75) is 58.3 Å². The number of unbranched alkanes of at least 4 members (excludes halogenated alkanes) is 1. The second-order valence-corrected chi connectivity index (χ2v) is 8.90. The smallest absolute Gasteiger partial charge is 0.303 e. The first-order valence-corrected chi connectivity index (χ1v) is 11.1. The Balaban J connectivity index is 1.84. The molecule has 0 amide bonds. The highest BCUT2D eigenvalue weighted by atomic mass is 32.2. The van der Waals surface area contributed by atoms with E-state index in [2.05, 4.69) is 4.72 Å². The lowest BCUT2D eigenvalue weighted by molar-refractivity contribution is -0.137. The summed E-state index contributed by atoms with van der Waals surface area (Å²) in [7, 11) is -3.35. The van der Waals surface area contributed by atoms with E-state index >= 15 is 0 Å². The van der Waals surface area contributed by atoms with Gasteiger partial charge in [-0.1, -0.05) is 42.0 Å². The highest BCUT2D eigenvalue weighted by Crippen LogP contribution is 2.27. The number of benzene rings is 1. The average Bonchev–Trinajstić information content (AvgIpc) is 3.03. The van der Waals surface area contributed by atoms with Gasteiger partial charge in [0.05, 0.1) is 5.75 Å². The monoisotopic (exact) mass is 391 g/mol. The zero-order chi connectivity index (χ0) is 19.7. The second kappa shape index (κ2) is 10.3. The van der Waals surface area contributed by atoms with Gasteiger partial charge in [-0.3, -0.25) is 9.52 Å². The Labute approximate surface area is 162 Å². The number of hydrogen-bond acceptors (Lipinski definition) is 3. The number of allylic oxidation sites excluding steroid dienone is 4. The molecule has 0 saturated heterocycles. The van der Waals surface area contributed by atoms with Crippen LogP contribution in [-0.4, -0.2) is 25.2 Å². The molecule has 0 spiro atoms. The summed E-state index contributed by atoms with van der Waals surface area (Å²) in [5, 5.41) is 8.62. The predicted molar refractivity (Wildman–Crippen MR) is 108 cm³/mol. The van der Waals surface area contributed by atoms with Gasteiger partial charge in [-0.05, 0) is 63.0 Å². The fourth-order valence-electron chi connectivity index (χ4n) is 3.11. The number of rotatable bonds is 11. The van der Waals surface area contributed by atoms with Crippen LogP contribution in [0, 0.1) is 6.92 Å². The summed E-state index contributed by atoms with van der Waals surface area (Å²) in [5.41, 5.74) is 4.17. The standard InChI is InChI=1S/C21H29NO4S/c1-17-11-13-18(14-12-17)15-16-27(25,26)22-20-9-6-8-19(20)7-4-2-3-5-10-21(23)24/h2,4,11-14,22H,3,5-10,15-16H2,1H3,(H,23,24). The predicted octanol–water partition coefficient (Wildman–Crippen LogP) is 4.10. The Hall–Kier alpha value is -2.08. The van der Waals surface area contributed by atoms with Gasteiger partial charge in [-0.15, -0.1) is 0 Å². The van der Waals surface area contributed by atoms with Crippen molar-refractivity contribution in [2.75, 3.05) is 5.75 Å². The van der Waals surface area contributed by atoms with Crippen LogP contribution in [0.4, 0.5) is 0 Å². The van der Waals surface area contributed by atoms with Crippen LogP contribution >= 0.6 is 0 Å². The van der Waals surface area contributed by atoms with E-state index in [-0.39, 0.29) is 12.2 Å². The third kappa shape index (κ3) is 7.99. The molecular weight excluding hydrogens is 362 g/mol. The lowest BCUT2D eigenvalue weighted by Gasteiger charge is -2.11. The van der Waals surface area contributed by atoms with Crippen LogP contribution in [0.5, 0.6) is 0 Å². The Bertz CT molecular complexity index is 792. The van der Waals surface area contributed by atoms with Crippen molar-refractivity contribution < 1.29 is 18.3 Å². The molecule has 1 aliphatic rings. The van der Waals surface area contributed by atoms with E-state index < -0.39 is 16.0 Å². The van der Waals surface area contributed by atoms with Crippen molar-refractivity contribution in [3.05, 3.63) is 58.8 Å². The summed E-state index contributed by atoms with van der Waals surface area (Å²) < 4.78 is 27.7. The van der Waals surface area contributed by atoms with Gasteiger partial charge in [-0.2, -0.15) is 0 Å². The summed E-state index contributed by atoms with van der Waals surface area (Å²) >= 11 is 0. The minimum absolute atomic E-state index is 0.0812. The first-order chi connectivity index (χ1) is 12.9. The number of aliphatic carboxylic acids is 1. The maximum Gasteiger partial charge on any atom is 0.303 e. The fraction of sp³-hybridized carbons (Fsp3) is 0.476. The van der Waals surface area contributed by atoms with Crippen molar-refractivity contribution in [3.8, 4) is 0 Å². The van der Waals surface area contributed by atoms with E-state index in [0.29, 0.717) is 12.8 Å². The van der Waals surface area contributed by atoms with Crippen molar-refractivity contribution in [2.24, 2.45) is 0 Å². The molecule has 0 aliphatic heterocycles. The number of aryl methyl sites for hydroxylation is 2. The first-order valence-electron chi connectivity index (χ1n) is 9.49. The maximum absolute atomic E-state index is 12.4. The molecule has 0 fully saturated rings. The second-order valence-electron chi connectivity index (χ2n) is 7.05. The molecule has 6 heteroatoms. The fourth-order valence-corrected chi connectivity index (χ4v) is 4.34. The third-order valence-electron chi connectivity index (χ3n) is 4.68. The van der Waals surface area contributed by atoms with Gasteiger partial charge < -0.3 is 5.11 Å². The number of carboxylic acid groups (broad SMARTS) is 1. The highest BCUT2D eigenvalue weighted by Gasteiger charge is 2.19. The Morgan fingerprint density at radius 1 is 1.19 bits per heavy atom. The largest absolute Gasteiger partial charge is 0.481 e. The SMILES string of the molecule is Cc1ccc(CCS(=O)(=O)NC2=C(CC=CCCCC(=O)O)CCC2)cc1. The lowest BCUT2D eigenvalue weighted by Crippen LogP contribution is -2.26. The van der Waals surface area contributed by atoms with Crippen LogP contribution in [-0.2, 0) is 21.2 Å². The van der Waals surface area contributed by atoms with Gasteiger partial charge in [0.1, 0.15) is 0 Å². The van der Waals surface area contributed by atoms with Crippen molar-refractivity contribution in [1.82, 2.24) is 4.72 Å². The molecule has 0 atom stereocenters. The molecule has 1 aromatic rings. The summed E-state index contributed by atoms with van der Waals surface area (Å²) in [5.74, 6) is -0.693. The normalized spacial score (nSPS) is 14.9. The molecule has 0 unspecified atom stereocenters. The Kier molecular flexibility index (Phi) is 8.10. The Morgan fingerprint density at radius 3 is 2.63 bits per heavy atom. The minimum atomic E-state index is -3.35. The average molecular weight is 392 g/mol. The quantitative estimate of drug-likeness (QED) is 0.439. The number of nitrogens with one attached hydrogen (secondary N) is 1. The van der Waals surface area contributed by atoms with Crippen LogP contribution in [0.3, 0.4) is 0 Å². The van der Waals surface area contributed by atoms with E-state index in [9.17, 15) is 13.2 Å². The number of sulfonamides is 1. The molecule has 1 aliphatic carbocycles. The minimum Gasteiger partial charge on any atom is -0.481 e. The molecule has 0 radical (unpaired) electrons. The molecule has 0 bridgehead atoms. The van der Waals surface area contributed by atoms with Crippen molar-refractivity contribution in [3.63, 3.8) is 0 Å².